The number of nitrogens with one attached hydrogen (secondary N) is 1. The highest BCUT2D eigenvalue weighted by atomic mass is 127. The van der Waals surface area contributed by atoms with Crippen molar-refractivity contribution in [3.8, 4) is 0 Å². The van der Waals surface area contributed by atoms with Gasteiger partial charge in [-0.05, 0) is 30.7 Å². The summed E-state index contributed by atoms with van der Waals surface area (Å²) < 4.78 is 5.20. The molecule has 4 nitrogen and oxygen atoms in total. The molecule has 0 saturated heterocycles. The highest BCUT2D eigenvalue weighted by molar-refractivity contribution is 14.0. The summed E-state index contributed by atoms with van der Waals surface area (Å²) in [6.45, 7) is 3.65. The third-order valence-electron chi connectivity index (χ3n) is 4.36. The highest BCUT2D eigenvalue weighted by Gasteiger charge is 2.35. The summed E-state index contributed by atoms with van der Waals surface area (Å²) in [5, 5.41) is 3.21. The van der Waals surface area contributed by atoms with E-state index in [0.29, 0.717) is 18.0 Å². The lowest BCUT2D eigenvalue weighted by Gasteiger charge is -2.40. The van der Waals surface area contributed by atoms with E-state index < -0.39 is 0 Å². The average molecular weight is 417 g/mol. The summed E-state index contributed by atoms with van der Waals surface area (Å²) in [4.78, 5) is 4.58. The van der Waals surface area contributed by atoms with E-state index in [0.717, 1.165) is 17.8 Å². The van der Waals surface area contributed by atoms with Gasteiger partial charge in [-0.2, -0.15) is 0 Å². The van der Waals surface area contributed by atoms with E-state index in [-0.39, 0.29) is 24.0 Å². The van der Waals surface area contributed by atoms with E-state index in [9.17, 15) is 0 Å². The number of halogens is 1. The van der Waals surface area contributed by atoms with Crippen LogP contribution in [0.15, 0.2) is 29.3 Å². The first kappa shape index (κ1) is 19.2. The fourth-order valence-electron chi connectivity index (χ4n) is 3.05. The van der Waals surface area contributed by atoms with Gasteiger partial charge in [-0.1, -0.05) is 38.0 Å². The number of hydrogen-bond donors (Lipinski definition) is 2. The standard InChI is InChI=1S/C17H27N3O.HI/c1-3-9-17(10-6-11-17)13-19-16(18)20-15-8-5-4-7-14(15)12-21-2;/h4-5,7-8H,3,6,9-13H2,1-2H3,(H3,18,19,20);1H. The molecule has 0 unspecified atom stereocenters. The first-order valence-electron chi connectivity index (χ1n) is 7.83. The fourth-order valence-corrected chi connectivity index (χ4v) is 3.05. The molecule has 5 heteroatoms. The maximum absolute atomic E-state index is 6.05. The number of benzene rings is 1. The van der Waals surface area contributed by atoms with Gasteiger partial charge in [0.2, 0.25) is 0 Å². The zero-order valence-electron chi connectivity index (χ0n) is 13.6. The number of nitrogens with zero attached hydrogens (tertiary/aromatic N) is 1. The summed E-state index contributed by atoms with van der Waals surface area (Å²) in [5.41, 5.74) is 8.52. The quantitative estimate of drug-likeness (QED) is 0.398. The molecule has 0 heterocycles. The topological polar surface area (TPSA) is 59.6 Å². The van der Waals surface area contributed by atoms with Gasteiger partial charge in [-0.3, -0.25) is 4.99 Å². The SMILES string of the molecule is CCCC1(CN=C(N)Nc2ccccc2COC)CCC1.I. The Balaban J connectivity index is 0.00000242. The Hall–Kier alpha value is -0.820. The Kier molecular flexibility index (Phi) is 8.17. The van der Waals surface area contributed by atoms with Crippen LogP contribution in [-0.4, -0.2) is 19.6 Å². The number of ether oxygens (including phenoxy) is 1. The molecule has 0 aliphatic heterocycles. The minimum atomic E-state index is 0. The first-order chi connectivity index (χ1) is 10.2. The maximum Gasteiger partial charge on any atom is 0.193 e. The molecule has 0 atom stereocenters. The number of methoxy groups -OCH3 is 1. The van der Waals surface area contributed by atoms with Crippen molar-refractivity contribution >= 4 is 35.6 Å². The van der Waals surface area contributed by atoms with Crippen molar-refractivity contribution in [3.63, 3.8) is 0 Å². The lowest BCUT2D eigenvalue weighted by Crippen LogP contribution is -2.34. The number of aliphatic imine (C=N–C) groups is 1. The van der Waals surface area contributed by atoms with Gasteiger partial charge < -0.3 is 15.8 Å². The monoisotopic (exact) mass is 417 g/mol. The molecular formula is C17H28IN3O. The summed E-state index contributed by atoms with van der Waals surface area (Å²) in [6.07, 6.45) is 6.39. The van der Waals surface area contributed by atoms with E-state index in [4.69, 9.17) is 10.5 Å². The molecule has 0 spiro atoms. The first-order valence-corrected chi connectivity index (χ1v) is 7.83. The molecule has 1 aliphatic carbocycles. The Morgan fingerprint density at radius 3 is 2.68 bits per heavy atom. The van der Waals surface area contributed by atoms with Gasteiger partial charge in [0.25, 0.3) is 0 Å². The predicted molar refractivity (Wildman–Crippen MR) is 104 cm³/mol. The summed E-state index contributed by atoms with van der Waals surface area (Å²) >= 11 is 0. The van der Waals surface area contributed by atoms with Crippen LogP contribution in [0.1, 0.15) is 44.6 Å². The smallest absolute Gasteiger partial charge is 0.193 e. The molecular weight excluding hydrogens is 389 g/mol. The molecule has 0 bridgehead atoms. The second-order valence-electron chi connectivity index (χ2n) is 6.02. The average Bonchev–Trinajstić information content (AvgIpc) is 2.44. The van der Waals surface area contributed by atoms with Crippen LogP contribution in [-0.2, 0) is 11.3 Å². The number of anilines is 1. The highest BCUT2D eigenvalue weighted by Crippen LogP contribution is 2.44. The van der Waals surface area contributed by atoms with Gasteiger partial charge in [0, 0.05) is 24.9 Å². The van der Waals surface area contributed by atoms with Crippen LogP contribution in [0.3, 0.4) is 0 Å². The van der Waals surface area contributed by atoms with Crippen LogP contribution >= 0.6 is 24.0 Å². The van der Waals surface area contributed by atoms with E-state index in [2.05, 4.69) is 17.2 Å². The molecule has 2 rings (SSSR count). The van der Waals surface area contributed by atoms with Gasteiger partial charge in [-0.15, -0.1) is 24.0 Å². The van der Waals surface area contributed by atoms with Crippen LogP contribution in [0.25, 0.3) is 0 Å². The minimum Gasteiger partial charge on any atom is -0.380 e. The van der Waals surface area contributed by atoms with Crippen LogP contribution in [0.5, 0.6) is 0 Å². The van der Waals surface area contributed by atoms with E-state index in [1.54, 1.807) is 7.11 Å². The molecule has 124 valence electrons. The zero-order valence-corrected chi connectivity index (χ0v) is 15.9. The molecule has 22 heavy (non-hydrogen) atoms. The molecule has 1 aromatic carbocycles. The number of rotatable bonds is 7. The largest absolute Gasteiger partial charge is 0.380 e. The van der Waals surface area contributed by atoms with Crippen LogP contribution in [0.2, 0.25) is 0 Å². The van der Waals surface area contributed by atoms with Crippen molar-refractivity contribution in [1.82, 2.24) is 0 Å². The Morgan fingerprint density at radius 2 is 2.09 bits per heavy atom. The van der Waals surface area contributed by atoms with Crippen molar-refractivity contribution in [1.29, 1.82) is 0 Å². The number of nitrogens with two attached hydrogens (primary N) is 1. The van der Waals surface area contributed by atoms with Gasteiger partial charge >= 0.3 is 0 Å². The third-order valence-corrected chi connectivity index (χ3v) is 4.36. The van der Waals surface area contributed by atoms with Crippen LogP contribution in [0.4, 0.5) is 5.69 Å². The minimum absolute atomic E-state index is 0. The molecule has 1 saturated carbocycles. The van der Waals surface area contributed by atoms with Crippen molar-refractivity contribution in [2.75, 3.05) is 19.0 Å². The zero-order chi connectivity index (χ0) is 15.1. The Bertz CT molecular complexity index is 487. The van der Waals surface area contributed by atoms with Crippen molar-refractivity contribution in [2.24, 2.45) is 16.1 Å². The lowest BCUT2D eigenvalue weighted by molar-refractivity contribution is 0.130. The second kappa shape index (κ2) is 9.35. The summed E-state index contributed by atoms with van der Waals surface area (Å²) in [6, 6.07) is 8.02. The molecule has 0 aromatic heterocycles. The van der Waals surface area contributed by atoms with E-state index in [1.165, 1.54) is 32.1 Å². The number of hydrogen-bond acceptors (Lipinski definition) is 2. The van der Waals surface area contributed by atoms with Crippen molar-refractivity contribution in [3.05, 3.63) is 29.8 Å². The van der Waals surface area contributed by atoms with Gasteiger partial charge in [-0.25, -0.2) is 0 Å². The maximum atomic E-state index is 6.05. The molecule has 1 aromatic rings. The number of para-hydroxylation sites is 1. The second-order valence-corrected chi connectivity index (χ2v) is 6.02. The van der Waals surface area contributed by atoms with Crippen molar-refractivity contribution in [2.45, 2.75) is 45.6 Å². The summed E-state index contributed by atoms with van der Waals surface area (Å²) in [5.74, 6) is 0.501. The Labute approximate surface area is 150 Å². The van der Waals surface area contributed by atoms with E-state index in [1.807, 2.05) is 24.3 Å². The third kappa shape index (κ3) is 5.12. The molecule has 1 aliphatic rings. The molecule has 1 fully saturated rings. The van der Waals surface area contributed by atoms with Gasteiger partial charge in [0.15, 0.2) is 5.96 Å². The summed E-state index contributed by atoms with van der Waals surface area (Å²) in [7, 11) is 1.69. The van der Waals surface area contributed by atoms with Gasteiger partial charge in [0.05, 0.1) is 6.61 Å². The number of guanidine groups is 1. The molecule has 3 N–H and O–H groups in total. The van der Waals surface area contributed by atoms with Crippen LogP contribution in [0, 0.1) is 5.41 Å². The van der Waals surface area contributed by atoms with Crippen LogP contribution < -0.4 is 11.1 Å². The normalized spacial score (nSPS) is 16.5. The van der Waals surface area contributed by atoms with E-state index >= 15 is 0 Å². The Morgan fingerprint density at radius 1 is 1.36 bits per heavy atom. The predicted octanol–water partition coefficient (Wildman–Crippen LogP) is 4.15. The molecule has 0 radical (unpaired) electrons. The van der Waals surface area contributed by atoms with Gasteiger partial charge in [0.1, 0.15) is 0 Å². The fraction of sp³-hybridized carbons (Fsp3) is 0.588. The lowest BCUT2D eigenvalue weighted by atomic mass is 9.66. The molecule has 0 amide bonds. The van der Waals surface area contributed by atoms with Crippen molar-refractivity contribution < 1.29 is 4.74 Å².